The van der Waals surface area contributed by atoms with Gasteiger partial charge < -0.3 is 0 Å². The topological polar surface area (TPSA) is 0 Å². The summed E-state index contributed by atoms with van der Waals surface area (Å²) in [5, 5.41) is 0. The number of allylic oxidation sites excluding steroid dienone is 4. The average Bonchev–Trinajstić information content (AvgIpc) is 2.09. The fraction of sp³-hybridized carbons (Fsp3) is 0.500. The molecule has 0 aromatic heterocycles. The van der Waals surface area contributed by atoms with Gasteiger partial charge in [-0.1, -0.05) is 0 Å². The molecule has 2 atom stereocenters. The summed E-state index contributed by atoms with van der Waals surface area (Å²) in [6, 6.07) is 0. The minimum atomic E-state index is -5.57. The van der Waals surface area contributed by atoms with Crippen LogP contribution in [0.1, 0.15) is 6.92 Å². The molecule has 16 heavy (non-hydrogen) atoms. The molecular formula is C8H4F8. The molecule has 0 spiro atoms. The van der Waals surface area contributed by atoms with E-state index in [-0.39, 0.29) is 6.92 Å². The van der Waals surface area contributed by atoms with Crippen LogP contribution in [0.4, 0.5) is 35.1 Å². The van der Waals surface area contributed by atoms with Crippen molar-refractivity contribution >= 4 is 0 Å². The number of hydrogen-bond acceptors (Lipinski definition) is 0. The molecule has 0 aromatic carbocycles. The monoisotopic (exact) mass is 252 g/mol. The molecule has 2 unspecified atom stereocenters. The Morgan fingerprint density at radius 3 is 1.81 bits per heavy atom. The summed E-state index contributed by atoms with van der Waals surface area (Å²) >= 11 is 0. The molecule has 0 fully saturated rings. The van der Waals surface area contributed by atoms with Crippen LogP contribution in [0.3, 0.4) is 0 Å². The van der Waals surface area contributed by atoms with E-state index in [9.17, 15) is 35.1 Å². The molecule has 1 aliphatic carbocycles. The Bertz CT molecular complexity index is 372. The molecule has 1 aliphatic rings. The maximum Gasteiger partial charge on any atom is 0.401 e. The summed E-state index contributed by atoms with van der Waals surface area (Å²) in [5.41, 5.74) is -4.00. The van der Waals surface area contributed by atoms with Gasteiger partial charge in [0.2, 0.25) is 0 Å². The Morgan fingerprint density at radius 1 is 1.00 bits per heavy atom. The van der Waals surface area contributed by atoms with E-state index in [1.807, 2.05) is 0 Å². The Kier molecular flexibility index (Phi) is 2.81. The first-order valence-corrected chi connectivity index (χ1v) is 3.88. The molecule has 0 saturated carbocycles. The Labute approximate surface area is 84.2 Å². The van der Waals surface area contributed by atoms with E-state index in [1.54, 1.807) is 0 Å². The maximum atomic E-state index is 13.3. The van der Waals surface area contributed by atoms with Crippen molar-refractivity contribution in [1.82, 2.24) is 0 Å². The Morgan fingerprint density at radius 2 is 1.44 bits per heavy atom. The third kappa shape index (κ3) is 1.69. The number of rotatable bonds is 0. The molecule has 92 valence electrons. The van der Waals surface area contributed by atoms with Crippen LogP contribution in [0.15, 0.2) is 23.3 Å². The van der Waals surface area contributed by atoms with Crippen molar-refractivity contribution < 1.29 is 35.1 Å². The predicted molar refractivity (Wildman–Crippen MR) is 37.5 cm³/mol. The molecule has 0 heterocycles. The van der Waals surface area contributed by atoms with Gasteiger partial charge in [0.15, 0.2) is 29.0 Å². The summed E-state index contributed by atoms with van der Waals surface area (Å²) in [7, 11) is 0. The molecule has 0 aliphatic heterocycles. The molecule has 0 N–H and O–H groups in total. The van der Waals surface area contributed by atoms with Crippen LogP contribution in [0.25, 0.3) is 0 Å². The van der Waals surface area contributed by atoms with Gasteiger partial charge in [0, 0.05) is 0 Å². The van der Waals surface area contributed by atoms with Gasteiger partial charge in [-0.25, -0.2) is 22.0 Å². The lowest BCUT2D eigenvalue weighted by Gasteiger charge is -2.32. The third-order valence-corrected chi connectivity index (χ3v) is 2.15. The fourth-order valence-electron chi connectivity index (χ4n) is 1.36. The largest absolute Gasteiger partial charge is 0.401 e. The second kappa shape index (κ2) is 3.46. The Balaban J connectivity index is 3.45. The number of halogens is 8. The molecule has 0 aromatic rings. The fourth-order valence-corrected chi connectivity index (χ4v) is 1.36. The molecule has 0 amide bonds. The smallest absolute Gasteiger partial charge is 0.235 e. The predicted octanol–water partition coefficient (Wildman–Crippen LogP) is 4.21. The maximum absolute atomic E-state index is 13.3. The molecule has 0 nitrogen and oxygen atoms in total. The van der Waals surface area contributed by atoms with E-state index < -0.39 is 41.1 Å². The van der Waals surface area contributed by atoms with Gasteiger partial charge in [-0.05, 0) is 6.92 Å². The van der Waals surface area contributed by atoms with Crippen LogP contribution >= 0.6 is 0 Å². The zero-order valence-corrected chi connectivity index (χ0v) is 7.60. The average molecular weight is 252 g/mol. The first-order valence-electron chi connectivity index (χ1n) is 3.88. The van der Waals surface area contributed by atoms with Crippen molar-refractivity contribution in [3.63, 3.8) is 0 Å². The summed E-state index contributed by atoms with van der Waals surface area (Å²) in [5.74, 6) is -14.2. The molecular weight excluding hydrogens is 248 g/mol. The van der Waals surface area contributed by atoms with Gasteiger partial charge >= 0.3 is 6.18 Å². The van der Waals surface area contributed by atoms with Gasteiger partial charge in [-0.15, -0.1) is 0 Å². The van der Waals surface area contributed by atoms with Gasteiger partial charge in [-0.2, -0.15) is 13.2 Å². The van der Waals surface area contributed by atoms with E-state index in [0.717, 1.165) is 0 Å². The van der Waals surface area contributed by atoms with Crippen LogP contribution in [0, 0.1) is 5.92 Å². The second-order valence-corrected chi connectivity index (χ2v) is 3.34. The zero-order valence-electron chi connectivity index (χ0n) is 7.60. The highest BCUT2D eigenvalue weighted by Gasteiger charge is 2.61. The first kappa shape index (κ1) is 13.0. The van der Waals surface area contributed by atoms with Crippen LogP contribution < -0.4 is 0 Å². The van der Waals surface area contributed by atoms with E-state index in [0.29, 0.717) is 0 Å². The molecule has 0 saturated heterocycles. The summed E-state index contributed by atoms with van der Waals surface area (Å²) in [6.07, 6.45) is -5.57. The third-order valence-electron chi connectivity index (χ3n) is 2.15. The summed E-state index contributed by atoms with van der Waals surface area (Å²) in [6.45, 7) is -0.00785. The summed E-state index contributed by atoms with van der Waals surface area (Å²) in [4.78, 5) is 0. The highest BCUT2D eigenvalue weighted by Crippen LogP contribution is 2.52. The van der Waals surface area contributed by atoms with E-state index >= 15 is 0 Å². The van der Waals surface area contributed by atoms with Crippen molar-refractivity contribution in [2.75, 3.05) is 0 Å². The van der Waals surface area contributed by atoms with Crippen LogP contribution in [0.5, 0.6) is 0 Å². The normalized spacial score (nSPS) is 32.4. The standard InChI is InChI=1S/C8H4F8/c1-7(13)5(8(14,15)16)3(10)2(9)4(11)6(7)12/h5H,1H3. The summed E-state index contributed by atoms with van der Waals surface area (Å²) < 4.78 is 100. The molecule has 1 rings (SSSR count). The van der Waals surface area contributed by atoms with Crippen molar-refractivity contribution in [3.05, 3.63) is 23.3 Å². The SMILES string of the molecule is CC1(F)C(F)=C(F)C(F)=C(F)C1C(F)(F)F. The van der Waals surface area contributed by atoms with Crippen LogP contribution in [0.2, 0.25) is 0 Å². The Hall–Kier alpha value is -1.08. The van der Waals surface area contributed by atoms with Crippen LogP contribution in [-0.4, -0.2) is 11.8 Å². The van der Waals surface area contributed by atoms with E-state index in [4.69, 9.17) is 0 Å². The minimum absolute atomic E-state index is 0.00785. The lowest BCUT2D eigenvalue weighted by Crippen LogP contribution is -2.44. The zero-order chi connectivity index (χ0) is 12.9. The van der Waals surface area contributed by atoms with Gasteiger partial charge in [0.25, 0.3) is 0 Å². The van der Waals surface area contributed by atoms with Crippen molar-refractivity contribution in [3.8, 4) is 0 Å². The molecule has 8 heteroatoms. The highest BCUT2D eigenvalue weighted by molar-refractivity contribution is 5.38. The first-order chi connectivity index (χ1) is 7.01. The van der Waals surface area contributed by atoms with E-state index in [1.165, 1.54) is 0 Å². The minimum Gasteiger partial charge on any atom is -0.235 e. The van der Waals surface area contributed by atoms with Crippen molar-refractivity contribution in [2.24, 2.45) is 5.92 Å². The van der Waals surface area contributed by atoms with Gasteiger partial charge in [0.05, 0.1) is 0 Å². The number of alkyl halides is 4. The lowest BCUT2D eigenvalue weighted by molar-refractivity contribution is -0.199. The van der Waals surface area contributed by atoms with Gasteiger partial charge in [0.1, 0.15) is 5.92 Å². The molecule has 0 bridgehead atoms. The van der Waals surface area contributed by atoms with Gasteiger partial charge in [-0.3, -0.25) is 0 Å². The second-order valence-electron chi connectivity index (χ2n) is 3.34. The van der Waals surface area contributed by atoms with Crippen molar-refractivity contribution in [1.29, 1.82) is 0 Å². The highest BCUT2D eigenvalue weighted by atomic mass is 19.4. The van der Waals surface area contributed by atoms with E-state index in [2.05, 4.69) is 0 Å². The lowest BCUT2D eigenvalue weighted by atomic mass is 9.83. The quantitative estimate of drug-likeness (QED) is 0.566. The number of hydrogen-bond donors (Lipinski definition) is 0. The molecule has 0 radical (unpaired) electrons. The van der Waals surface area contributed by atoms with Crippen LogP contribution in [-0.2, 0) is 0 Å². The van der Waals surface area contributed by atoms with Crippen molar-refractivity contribution in [2.45, 2.75) is 18.8 Å².